The Morgan fingerprint density at radius 3 is 2.40 bits per heavy atom. The number of aromatic nitrogens is 1. The van der Waals surface area contributed by atoms with Crippen LogP contribution >= 0.6 is 0 Å². The lowest BCUT2D eigenvalue weighted by molar-refractivity contribution is -0.138. The van der Waals surface area contributed by atoms with Crippen molar-refractivity contribution in [1.82, 2.24) is 4.57 Å². The third kappa shape index (κ3) is 2.61. The summed E-state index contributed by atoms with van der Waals surface area (Å²) >= 11 is 0. The molecule has 0 fully saturated rings. The van der Waals surface area contributed by atoms with Gasteiger partial charge in [0.15, 0.2) is 6.29 Å². The summed E-state index contributed by atoms with van der Waals surface area (Å²) in [6.45, 7) is 3.60. The van der Waals surface area contributed by atoms with Crippen molar-refractivity contribution in [3.8, 4) is 0 Å². The predicted octanol–water partition coefficient (Wildman–Crippen LogP) is 3.98. The molecule has 2 nitrogen and oxygen atoms in total. The van der Waals surface area contributed by atoms with Crippen LogP contribution in [0.2, 0.25) is 0 Å². The molecular weight excluding hydrogens is 267 g/mol. The molecule has 106 valence electrons. The van der Waals surface area contributed by atoms with E-state index in [0.717, 1.165) is 11.8 Å². The fourth-order valence-corrected chi connectivity index (χ4v) is 2.30. The second kappa shape index (κ2) is 5.15. The van der Waals surface area contributed by atoms with Crippen LogP contribution in [-0.4, -0.2) is 10.9 Å². The van der Waals surface area contributed by atoms with Gasteiger partial charge in [0.2, 0.25) is 0 Å². The molecule has 0 amide bonds. The highest BCUT2D eigenvalue weighted by molar-refractivity contribution is 5.77. The summed E-state index contributed by atoms with van der Waals surface area (Å²) in [4.78, 5) is 10.9. The van der Waals surface area contributed by atoms with E-state index in [1.54, 1.807) is 30.5 Å². The quantitative estimate of drug-likeness (QED) is 0.780. The van der Waals surface area contributed by atoms with Crippen LogP contribution in [0.5, 0.6) is 0 Å². The molecule has 0 N–H and O–H groups in total. The summed E-state index contributed by atoms with van der Waals surface area (Å²) in [5, 5.41) is 0. The van der Waals surface area contributed by atoms with E-state index in [9.17, 15) is 18.0 Å². The van der Waals surface area contributed by atoms with E-state index in [0.29, 0.717) is 17.5 Å². The minimum absolute atomic E-state index is 0.0984. The summed E-state index contributed by atoms with van der Waals surface area (Å²) in [5.41, 5.74) is 1.50. The molecule has 5 heteroatoms. The van der Waals surface area contributed by atoms with Gasteiger partial charge in [0.05, 0.1) is 5.56 Å². The van der Waals surface area contributed by atoms with Crippen molar-refractivity contribution in [3.63, 3.8) is 0 Å². The number of benzene rings is 1. The number of carbonyl (C=O) groups is 1. The Kier molecular flexibility index (Phi) is 3.70. The summed E-state index contributed by atoms with van der Waals surface area (Å²) in [6.07, 6.45) is -3.66. The SMILES string of the molecule is Cc1cc(C=O)c(C)n1Cc1ccccc1C(F)(F)F. The number of nitrogens with zero attached hydrogens (tertiary/aromatic N) is 1. The highest BCUT2D eigenvalue weighted by Gasteiger charge is 2.33. The van der Waals surface area contributed by atoms with Gasteiger partial charge >= 0.3 is 6.18 Å². The highest BCUT2D eigenvalue weighted by Crippen LogP contribution is 2.32. The maximum Gasteiger partial charge on any atom is 0.416 e. The van der Waals surface area contributed by atoms with Crippen molar-refractivity contribution in [2.75, 3.05) is 0 Å². The van der Waals surface area contributed by atoms with E-state index >= 15 is 0 Å². The van der Waals surface area contributed by atoms with Crippen molar-refractivity contribution in [2.45, 2.75) is 26.6 Å². The number of rotatable bonds is 3. The Morgan fingerprint density at radius 1 is 1.20 bits per heavy atom. The van der Waals surface area contributed by atoms with Gasteiger partial charge in [0.25, 0.3) is 0 Å². The van der Waals surface area contributed by atoms with Crippen LogP contribution in [0, 0.1) is 13.8 Å². The zero-order valence-corrected chi connectivity index (χ0v) is 11.2. The monoisotopic (exact) mass is 281 g/mol. The smallest absolute Gasteiger partial charge is 0.344 e. The predicted molar refractivity (Wildman–Crippen MR) is 69.8 cm³/mol. The first kappa shape index (κ1) is 14.4. The number of halogens is 3. The molecular formula is C15H14F3NO. The fourth-order valence-electron chi connectivity index (χ4n) is 2.30. The van der Waals surface area contributed by atoms with E-state index in [2.05, 4.69) is 0 Å². The molecule has 0 spiro atoms. The maximum atomic E-state index is 13.0. The van der Waals surface area contributed by atoms with Gasteiger partial charge in [-0.1, -0.05) is 18.2 Å². The molecule has 2 rings (SSSR count). The summed E-state index contributed by atoms with van der Waals surface area (Å²) in [5.74, 6) is 0. The first-order valence-corrected chi connectivity index (χ1v) is 6.11. The minimum Gasteiger partial charge on any atom is -0.344 e. The van der Waals surface area contributed by atoms with Gasteiger partial charge < -0.3 is 4.57 Å². The number of hydrogen-bond donors (Lipinski definition) is 0. The van der Waals surface area contributed by atoms with Crippen LogP contribution in [0.4, 0.5) is 13.2 Å². The molecule has 0 bridgehead atoms. The Labute approximate surface area is 114 Å². The first-order valence-electron chi connectivity index (χ1n) is 6.11. The van der Waals surface area contributed by atoms with Crippen LogP contribution < -0.4 is 0 Å². The fraction of sp³-hybridized carbons (Fsp3) is 0.267. The third-order valence-corrected chi connectivity index (χ3v) is 3.39. The number of aldehydes is 1. The van der Waals surface area contributed by atoms with Gasteiger partial charge in [-0.25, -0.2) is 0 Å². The van der Waals surface area contributed by atoms with E-state index in [1.807, 2.05) is 0 Å². The van der Waals surface area contributed by atoms with Gasteiger partial charge in [-0.05, 0) is 31.5 Å². The van der Waals surface area contributed by atoms with Crippen molar-refractivity contribution >= 4 is 6.29 Å². The van der Waals surface area contributed by atoms with Crippen molar-refractivity contribution < 1.29 is 18.0 Å². The van der Waals surface area contributed by atoms with Gasteiger partial charge in [-0.2, -0.15) is 13.2 Å². The number of alkyl halides is 3. The first-order chi connectivity index (χ1) is 9.34. The largest absolute Gasteiger partial charge is 0.416 e. The van der Waals surface area contributed by atoms with E-state index in [1.165, 1.54) is 12.1 Å². The number of hydrogen-bond acceptors (Lipinski definition) is 1. The number of aryl methyl sites for hydroxylation is 1. The topological polar surface area (TPSA) is 22.0 Å². The molecule has 0 aliphatic rings. The molecule has 0 atom stereocenters. The van der Waals surface area contributed by atoms with Crippen LogP contribution in [0.25, 0.3) is 0 Å². The molecule has 1 aromatic carbocycles. The standard InChI is InChI=1S/C15H14F3NO/c1-10-7-13(9-20)11(2)19(10)8-12-5-3-4-6-14(12)15(16,17)18/h3-7,9H,8H2,1-2H3. The van der Waals surface area contributed by atoms with E-state index < -0.39 is 11.7 Å². The third-order valence-electron chi connectivity index (χ3n) is 3.39. The van der Waals surface area contributed by atoms with Gasteiger partial charge in [0.1, 0.15) is 0 Å². The molecule has 1 aromatic heterocycles. The van der Waals surface area contributed by atoms with Crippen LogP contribution in [0.3, 0.4) is 0 Å². The second-order valence-corrected chi connectivity index (χ2v) is 4.69. The molecule has 20 heavy (non-hydrogen) atoms. The molecule has 0 unspecified atom stereocenters. The zero-order valence-electron chi connectivity index (χ0n) is 11.2. The highest BCUT2D eigenvalue weighted by atomic mass is 19.4. The lowest BCUT2D eigenvalue weighted by Crippen LogP contribution is -2.13. The Hall–Kier alpha value is -2.04. The van der Waals surface area contributed by atoms with Crippen LogP contribution in [0.1, 0.15) is 32.9 Å². The second-order valence-electron chi connectivity index (χ2n) is 4.69. The van der Waals surface area contributed by atoms with Crippen molar-refractivity contribution in [3.05, 3.63) is 58.4 Å². The molecule has 2 aromatic rings. The lowest BCUT2D eigenvalue weighted by Gasteiger charge is -2.15. The maximum absolute atomic E-state index is 13.0. The Morgan fingerprint density at radius 2 is 1.85 bits per heavy atom. The van der Waals surface area contributed by atoms with E-state index in [4.69, 9.17) is 0 Å². The molecule has 1 heterocycles. The summed E-state index contributed by atoms with van der Waals surface area (Å²) in [6, 6.07) is 7.17. The molecule has 0 aliphatic carbocycles. The van der Waals surface area contributed by atoms with Crippen molar-refractivity contribution in [1.29, 1.82) is 0 Å². The van der Waals surface area contributed by atoms with Crippen LogP contribution in [0.15, 0.2) is 30.3 Å². The lowest BCUT2D eigenvalue weighted by atomic mass is 10.1. The minimum atomic E-state index is -4.38. The zero-order chi connectivity index (χ0) is 14.9. The Bertz CT molecular complexity index is 641. The van der Waals surface area contributed by atoms with Gasteiger partial charge in [-0.3, -0.25) is 4.79 Å². The number of carbonyl (C=O) groups excluding carboxylic acids is 1. The van der Waals surface area contributed by atoms with E-state index in [-0.39, 0.29) is 12.1 Å². The molecule has 0 radical (unpaired) electrons. The average Bonchev–Trinajstić information content (AvgIpc) is 2.65. The van der Waals surface area contributed by atoms with Gasteiger partial charge in [0, 0.05) is 23.5 Å². The molecule has 0 saturated carbocycles. The summed E-state index contributed by atoms with van der Waals surface area (Å²) < 4.78 is 40.6. The van der Waals surface area contributed by atoms with Crippen molar-refractivity contribution in [2.24, 2.45) is 0 Å². The van der Waals surface area contributed by atoms with Crippen LogP contribution in [-0.2, 0) is 12.7 Å². The Balaban J connectivity index is 2.46. The molecule has 0 saturated heterocycles. The average molecular weight is 281 g/mol. The molecule has 0 aliphatic heterocycles. The summed E-state index contributed by atoms with van der Waals surface area (Å²) in [7, 11) is 0. The normalized spacial score (nSPS) is 11.7. The van der Waals surface area contributed by atoms with Gasteiger partial charge in [-0.15, -0.1) is 0 Å².